The zero-order valence-corrected chi connectivity index (χ0v) is 40.4. The number of aromatic nitrogens is 2. The molecule has 1 unspecified atom stereocenters. The van der Waals surface area contributed by atoms with Crippen molar-refractivity contribution in [2.24, 2.45) is 11.8 Å². The number of amides is 4. The summed E-state index contributed by atoms with van der Waals surface area (Å²) in [5.41, 5.74) is 0.247. The number of carboxylic acid groups (broad SMARTS) is 1. The fourth-order valence-electron chi connectivity index (χ4n) is 9.43. The Bertz CT molecular complexity index is 2390. The van der Waals surface area contributed by atoms with Gasteiger partial charge in [0.15, 0.2) is 5.13 Å². The maximum Gasteiger partial charge on any atom is 0.330 e. The maximum atomic E-state index is 15.0. The number of allylic oxidation sites excluding steroid dienone is 1. The van der Waals surface area contributed by atoms with Crippen LogP contribution in [0.5, 0.6) is 11.5 Å². The first-order valence-corrected chi connectivity index (χ1v) is 25.4. The summed E-state index contributed by atoms with van der Waals surface area (Å²) < 4.78 is 40.8. The number of anilines is 1. The Balaban J connectivity index is 1.19. The molecular formula is C46H65N9O9S2. The van der Waals surface area contributed by atoms with Crippen molar-refractivity contribution in [3.05, 3.63) is 41.8 Å². The number of ether oxygens (including phenoxy) is 2. The maximum absolute atomic E-state index is 15.0. The van der Waals surface area contributed by atoms with Gasteiger partial charge in [-0.1, -0.05) is 44.3 Å². The first-order valence-electron chi connectivity index (χ1n) is 23.1. The van der Waals surface area contributed by atoms with Gasteiger partial charge in [-0.25, -0.2) is 19.6 Å². The summed E-state index contributed by atoms with van der Waals surface area (Å²) in [5.74, 6) is -1.60. The Morgan fingerprint density at radius 1 is 1.03 bits per heavy atom. The molecule has 0 bridgehead atoms. The van der Waals surface area contributed by atoms with Crippen molar-refractivity contribution in [2.45, 2.75) is 127 Å². The van der Waals surface area contributed by atoms with Crippen LogP contribution in [-0.2, 0) is 24.6 Å². The number of carbonyl (C=O) groups excluding carboxylic acids is 3. The highest BCUT2D eigenvalue weighted by Crippen LogP contribution is 2.46. The van der Waals surface area contributed by atoms with Crippen LogP contribution in [0.2, 0.25) is 0 Å². The van der Waals surface area contributed by atoms with Crippen molar-refractivity contribution in [2.75, 3.05) is 46.7 Å². The average molecular weight is 952 g/mol. The van der Waals surface area contributed by atoms with E-state index in [1.54, 1.807) is 25.3 Å². The van der Waals surface area contributed by atoms with Crippen molar-refractivity contribution in [3.63, 3.8) is 0 Å². The lowest BCUT2D eigenvalue weighted by Gasteiger charge is -2.35. The molecule has 0 spiro atoms. The second-order valence-electron chi connectivity index (χ2n) is 18.6. The summed E-state index contributed by atoms with van der Waals surface area (Å²) in [4.78, 5) is 67.4. The van der Waals surface area contributed by atoms with Crippen LogP contribution in [0.25, 0.3) is 22.3 Å². The lowest BCUT2D eigenvalue weighted by molar-refractivity contribution is -0.145. The Hall–Kier alpha value is -5.05. The molecule has 2 aliphatic heterocycles. The van der Waals surface area contributed by atoms with Crippen LogP contribution >= 0.6 is 11.3 Å². The number of urea groups is 1. The Kier molecular flexibility index (Phi) is 15.4. The number of thiazole rings is 1. The molecule has 2 aliphatic carbocycles. The zero-order chi connectivity index (χ0) is 47.3. The molecule has 18 nitrogen and oxygen atoms in total. The molecule has 360 valence electrons. The van der Waals surface area contributed by atoms with E-state index in [0.29, 0.717) is 46.6 Å². The van der Waals surface area contributed by atoms with Crippen LogP contribution in [0.15, 0.2) is 41.8 Å². The van der Waals surface area contributed by atoms with Gasteiger partial charge >= 0.3 is 12.0 Å². The number of hydrogen-bond acceptors (Lipinski definition) is 12. The van der Waals surface area contributed by atoms with Gasteiger partial charge in [-0.15, -0.1) is 11.3 Å². The number of aliphatic carboxylic acids is 1. The van der Waals surface area contributed by atoms with Gasteiger partial charge in [0, 0.05) is 75.0 Å². The largest absolute Gasteiger partial charge is 0.497 e. The number of carbonyl (C=O) groups is 4. The van der Waals surface area contributed by atoms with E-state index in [4.69, 9.17) is 19.4 Å². The Morgan fingerprint density at radius 2 is 1.77 bits per heavy atom. The van der Waals surface area contributed by atoms with Crippen molar-refractivity contribution in [1.82, 2.24) is 39.4 Å². The van der Waals surface area contributed by atoms with E-state index in [9.17, 15) is 27.9 Å². The number of benzene rings is 1. The minimum Gasteiger partial charge on any atom is -0.497 e. The van der Waals surface area contributed by atoms with Gasteiger partial charge < -0.3 is 40.7 Å². The van der Waals surface area contributed by atoms with Crippen molar-refractivity contribution >= 4 is 61.4 Å². The van der Waals surface area contributed by atoms with Gasteiger partial charge in [0.1, 0.15) is 40.9 Å². The van der Waals surface area contributed by atoms with E-state index in [1.165, 1.54) is 41.7 Å². The highest BCUT2D eigenvalue weighted by Gasteiger charge is 2.61. The van der Waals surface area contributed by atoms with Gasteiger partial charge in [0.2, 0.25) is 11.8 Å². The fraction of sp³-hybridized carbons (Fsp3) is 0.609. The average Bonchev–Trinajstić information content (AvgIpc) is 3.54. The van der Waals surface area contributed by atoms with Crippen LogP contribution in [0.3, 0.4) is 0 Å². The second kappa shape index (κ2) is 20.9. The summed E-state index contributed by atoms with van der Waals surface area (Å²) in [6.07, 6.45) is 11.1. The van der Waals surface area contributed by atoms with E-state index in [1.807, 2.05) is 37.4 Å². The topological polar surface area (TPSA) is 225 Å². The van der Waals surface area contributed by atoms with E-state index >= 15 is 4.79 Å². The molecule has 4 aliphatic rings. The predicted octanol–water partition coefficient (Wildman–Crippen LogP) is 5.37. The molecule has 4 heterocycles. The highest BCUT2D eigenvalue weighted by molar-refractivity contribution is 7.86. The number of likely N-dealkylation sites (N-methyl/N-ethyl adjacent to an activating group) is 1. The van der Waals surface area contributed by atoms with Crippen molar-refractivity contribution < 1.29 is 42.2 Å². The van der Waals surface area contributed by atoms with Crippen LogP contribution < -0.4 is 30.7 Å². The SMILES string of the molecule is COc1ccc2c(O[C@@H]3C[C@H]4C(=O)N[C@]5(C(=O)O)CC5C=CCCCCC[C@H](NC(=O)N[C@H](CN(C)S(=O)(=O)N(C)C)C5CCCCC5)C(=O)N4C3)cc(-c3csc(NC(C)C)n3)nc2c1. The molecule has 20 heteroatoms. The molecule has 2 aromatic heterocycles. The summed E-state index contributed by atoms with van der Waals surface area (Å²) >= 11 is 1.45. The molecule has 1 aromatic carbocycles. The monoisotopic (exact) mass is 951 g/mol. The number of pyridine rings is 1. The minimum absolute atomic E-state index is 0.0264. The molecule has 2 saturated carbocycles. The summed E-state index contributed by atoms with van der Waals surface area (Å²) in [7, 11) is 2.21. The first kappa shape index (κ1) is 48.9. The van der Waals surface area contributed by atoms with E-state index in [-0.39, 0.29) is 44.3 Å². The van der Waals surface area contributed by atoms with E-state index < -0.39 is 69.7 Å². The number of nitrogens with zero attached hydrogens (tertiary/aromatic N) is 5. The number of methoxy groups -OCH3 is 1. The van der Waals surface area contributed by atoms with Gasteiger partial charge in [-0.3, -0.25) is 9.59 Å². The molecule has 1 saturated heterocycles. The van der Waals surface area contributed by atoms with Crippen molar-refractivity contribution in [1.29, 1.82) is 0 Å². The summed E-state index contributed by atoms with van der Waals surface area (Å²) in [5, 5.41) is 25.9. The highest BCUT2D eigenvalue weighted by atomic mass is 32.2. The molecular weight excluding hydrogens is 887 g/mol. The molecule has 7 rings (SSSR count). The van der Waals surface area contributed by atoms with Crippen LogP contribution in [0.4, 0.5) is 9.93 Å². The third-order valence-corrected chi connectivity index (χ3v) is 15.9. The smallest absolute Gasteiger partial charge is 0.330 e. The summed E-state index contributed by atoms with van der Waals surface area (Å²) in [6, 6.07) is 4.06. The molecule has 6 atom stereocenters. The van der Waals surface area contributed by atoms with Gasteiger partial charge in [0.25, 0.3) is 10.2 Å². The number of nitrogens with one attached hydrogen (secondary N) is 4. The fourth-order valence-corrected chi connectivity index (χ4v) is 11.2. The van der Waals surface area contributed by atoms with Crippen LogP contribution in [0, 0.1) is 11.8 Å². The predicted molar refractivity (Wildman–Crippen MR) is 253 cm³/mol. The lowest BCUT2D eigenvalue weighted by atomic mass is 9.84. The van der Waals surface area contributed by atoms with E-state index in [0.717, 1.165) is 54.4 Å². The molecule has 0 radical (unpaired) electrons. The van der Waals surface area contributed by atoms with Gasteiger partial charge in [0.05, 0.1) is 24.9 Å². The third kappa shape index (κ3) is 11.2. The number of carboxylic acids is 1. The zero-order valence-electron chi connectivity index (χ0n) is 38.7. The first-order chi connectivity index (χ1) is 31.5. The minimum atomic E-state index is -3.77. The van der Waals surface area contributed by atoms with Gasteiger partial charge in [-0.2, -0.15) is 17.0 Å². The summed E-state index contributed by atoms with van der Waals surface area (Å²) in [6.45, 7) is 4.06. The lowest BCUT2D eigenvalue weighted by Crippen LogP contribution is -2.59. The van der Waals surface area contributed by atoms with Gasteiger partial charge in [-0.05, 0) is 70.4 Å². The molecule has 3 aromatic rings. The number of hydrogen-bond donors (Lipinski definition) is 5. The number of fused-ring (bicyclic) bond motifs is 3. The molecule has 4 amide bonds. The second-order valence-corrected chi connectivity index (χ2v) is 21.7. The number of rotatable bonds is 14. The van der Waals surface area contributed by atoms with E-state index in [2.05, 4.69) is 21.3 Å². The van der Waals surface area contributed by atoms with Crippen LogP contribution in [-0.4, -0.2) is 138 Å². The normalized spacial score (nSPS) is 24.8. The van der Waals surface area contributed by atoms with Crippen molar-refractivity contribution in [3.8, 4) is 22.9 Å². The quantitative estimate of drug-likeness (QED) is 0.129. The molecule has 5 N–H and O–H groups in total. The third-order valence-electron chi connectivity index (χ3n) is 13.2. The molecule has 66 heavy (non-hydrogen) atoms. The molecule has 3 fully saturated rings. The Morgan fingerprint density at radius 3 is 2.48 bits per heavy atom. The van der Waals surface area contributed by atoms with Crippen LogP contribution in [0.1, 0.15) is 90.9 Å². The standard InChI is InChI=1S/C46H65N9O9S2/c1-28(2)47-45-51-38(27-65-45)36-23-40(33-20-19-31(63-6)21-35(33)48-36)64-32-22-39-41(56)52-46(43(58)59)24-30(46)17-13-8-7-9-14-18-34(42(57)55(39)25-32)49-44(60)50-37(29-15-11-10-12-16-29)26-54(5)66(61,62)53(3)4/h13,17,19-21,23,27-30,32,34,37,39H,7-12,14-16,18,22,24-26H2,1-6H3,(H,47,51)(H,52,56)(H,58,59)(H2,49,50,60)/t30?,32-,34+,37-,39+,46-/m1/s1. The Labute approximate surface area is 391 Å².